The van der Waals surface area contributed by atoms with E-state index in [9.17, 15) is 9.59 Å². The SMILES string of the molecule is COc1ncccc1-c1cc(=O)n(-c2ccc(C(=O)NC3CCNCC3)cn2)[nH]1. The van der Waals surface area contributed by atoms with Gasteiger partial charge in [-0.15, -0.1) is 0 Å². The van der Waals surface area contributed by atoms with Crippen LogP contribution in [0.1, 0.15) is 23.2 Å². The molecule has 1 amide bonds. The summed E-state index contributed by atoms with van der Waals surface area (Å²) in [5, 5.41) is 9.31. The third kappa shape index (κ3) is 4.04. The molecule has 0 bridgehead atoms. The molecular formula is C20H22N6O3. The largest absolute Gasteiger partial charge is 0.481 e. The van der Waals surface area contributed by atoms with E-state index in [4.69, 9.17) is 4.74 Å². The summed E-state index contributed by atoms with van der Waals surface area (Å²) in [6.07, 6.45) is 4.92. The molecule has 0 aromatic carbocycles. The van der Waals surface area contributed by atoms with E-state index in [0.29, 0.717) is 28.5 Å². The molecule has 9 nitrogen and oxygen atoms in total. The number of carbonyl (C=O) groups excluding carboxylic acids is 1. The summed E-state index contributed by atoms with van der Waals surface area (Å²) in [4.78, 5) is 33.3. The Labute approximate surface area is 167 Å². The van der Waals surface area contributed by atoms with Crippen LogP contribution < -0.4 is 20.9 Å². The number of nitrogens with one attached hydrogen (secondary N) is 3. The summed E-state index contributed by atoms with van der Waals surface area (Å²) in [6, 6.07) is 8.51. The molecule has 1 aliphatic rings. The number of piperidine rings is 1. The lowest BCUT2D eigenvalue weighted by atomic mass is 10.1. The van der Waals surface area contributed by atoms with Crippen molar-refractivity contribution in [3.8, 4) is 23.0 Å². The molecule has 0 aliphatic carbocycles. The monoisotopic (exact) mass is 394 g/mol. The van der Waals surface area contributed by atoms with E-state index in [0.717, 1.165) is 25.9 Å². The summed E-state index contributed by atoms with van der Waals surface area (Å²) in [5.74, 6) is 0.650. The van der Waals surface area contributed by atoms with Crippen molar-refractivity contribution < 1.29 is 9.53 Å². The lowest BCUT2D eigenvalue weighted by molar-refractivity contribution is 0.0929. The molecule has 1 aliphatic heterocycles. The van der Waals surface area contributed by atoms with E-state index in [1.165, 1.54) is 24.1 Å². The fourth-order valence-corrected chi connectivity index (χ4v) is 3.35. The fourth-order valence-electron chi connectivity index (χ4n) is 3.35. The standard InChI is InChI=1S/C20H22N6O3/c1-29-20-15(3-2-8-22-20)16-11-18(27)26(25-16)17-5-4-13(12-23-17)19(28)24-14-6-9-21-10-7-14/h2-5,8,11-12,14,21,25H,6-7,9-10H2,1H3,(H,24,28). The Morgan fingerprint density at radius 3 is 2.79 bits per heavy atom. The van der Waals surface area contributed by atoms with E-state index in [2.05, 4.69) is 25.7 Å². The molecule has 4 heterocycles. The number of H-pyrrole nitrogens is 1. The molecule has 29 heavy (non-hydrogen) atoms. The highest BCUT2D eigenvalue weighted by Crippen LogP contribution is 2.25. The van der Waals surface area contributed by atoms with E-state index in [1.54, 1.807) is 24.4 Å². The topological polar surface area (TPSA) is 114 Å². The smallest absolute Gasteiger partial charge is 0.273 e. The van der Waals surface area contributed by atoms with Gasteiger partial charge in [-0.3, -0.25) is 14.7 Å². The molecule has 1 fully saturated rings. The third-order valence-electron chi connectivity index (χ3n) is 4.89. The molecular weight excluding hydrogens is 372 g/mol. The number of hydrogen-bond donors (Lipinski definition) is 3. The number of aromatic nitrogens is 4. The van der Waals surface area contributed by atoms with E-state index < -0.39 is 0 Å². The second kappa shape index (κ2) is 8.27. The predicted molar refractivity (Wildman–Crippen MR) is 107 cm³/mol. The fraction of sp³-hybridized carbons (Fsp3) is 0.300. The number of pyridine rings is 2. The van der Waals surface area contributed by atoms with Gasteiger partial charge in [0.15, 0.2) is 5.82 Å². The Balaban J connectivity index is 1.54. The lowest BCUT2D eigenvalue weighted by Gasteiger charge is -2.23. The number of rotatable bonds is 5. The van der Waals surface area contributed by atoms with E-state index in [-0.39, 0.29) is 17.5 Å². The first-order chi connectivity index (χ1) is 14.2. The van der Waals surface area contributed by atoms with Crippen LogP contribution in [0.15, 0.2) is 47.5 Å². The van der Waals surface area contributed by atoms with Gasteiger partial charge in [-0.1, -0.05) is 0 Å². The first-order valence-corrected chi connectivity index (χ1v) is 9.45. The number of nitrogens with zero attached hydrogens (tertiary/aromatic N) is 3. The molecule has 0 spiro atoms. The zero-order chi connectivity index (χ0) is 20.2. The van der Waals surface area contributed by atoms with Crippen LogP contribution in [0.25, 0.3) is 17.1 Å². The number of hydrogen-bond acceptors (Lipinski definition) is 6. The van der Waals surface area contributed by atoms with Gasteiger partial charge >= 0.3 is 0 Å². The van der Waals surface area contributed by atoms with Gasteiger partial charge in [-0.2, -0.15) is 0 Å². The van der Waals surface area contributed by atoms with Crippen LogP contribution in [0.2, 0.25) is 0 Å². The molecule has 1 saturated heterocycles. The maximum atomic E-state index is 12.4. The van der Waals surface area contributed by atoms with Gasteiger partial charge < -0.3 is 15.4 Å². The molecule has 9 heteroatoms. The number of ether oxygens (including phenoxy) is 1. The minimum atomic E-state index is -0.273. The molecule has 0 unspecified atom stereocenters. The van der Waals surface area contributed by atoms with Gasteiger partial charge in [0.1, 0.15) is 0 Å². The Kier molecular flexibility index (Phi) is 5.39. The third-order valence-corrected chi connectivity index (χ3v) is 4.89. The van der Waals surface area contributed by atoms with Crippen molar-refractivity contribution in [2.75, 3.05) is 20.2 Å². The molecule has 3 aromatic heterocycles. The summed E-state index contributed by atoms with van der Waals surface area (Å²) < 4.78 is 6.57. The van der Waals surface area contributed by atoms with Crippen molar-refractivity contribution in [1.82, 2.24) is 30.4 Å². The van der Waals surface area contributed by atoms with Crippen molar-refractivity contribution in [3.63, 3.8) is 0 Å². The highest BCUT2D eigenvalue weighted by atomic mass is 16.5. The van der Waals surface area contributed by atoms with Gasteiger partial charge in [0, 0.05) is 24.5 Å². The van der Waals surface area contributed by atoms with Crippen LogP contribution in [0.5, 0.6) is 5.88 Å². The zero-order valence-electron chi connectivity index (χ0n) is 16.0. The molecule has 0 radical (unpaired) electrons. The summed E-state index contributed by atoms with van der Waals surface area (Å²) in [7, 11) is 1.52. The Morgan fingerprint density at radius 1 is 1.24 bits per heavy atom. The minimum Gasteiger partial charge on any atom is -0.481 e. The quantitative estimate of drug-likeness (QED) is 0.597. The Hall–Kier alpha value is -3.46. The van der Waals surface area contributed by atoms with Crippen molar-refractivity contribution in [2.24, 2.45) is 0 Å². The predicted octanol–water partition coefficient (Wildman–Crippen LogP) is 1.11. The minimum absolute atomic E-state index is 0.157. The second-order valence-electron chi connectivity index (χ2n) is 6.81. The molecule has 0 saturated carbocycles. The van der Waals surface area contributed by atoms with Gasteiger partial charge in [-0.05, 0) is 50.2 Å². The number of carbonyl (C=O) groups is 1. The van der Waals surface area contributed by atoms with Crippen LogP contribution in [0, 0.1) is 0 Å². The second-order valence-corrected chi connectivity index (χ2v) is 6.81. The van der Waals surface area contributed by atoms with Crippen LogP contribution in [0.3, 0.4) is 0 Å². The highest BCUT2D eigenvalue weighted by Gasteiger charge is 2.17. The summed E-state index contributed by atoms with van der Waals surface area (Å²) >= 11 is 0. The van der Waals surface area contributed by atoms with Crippen molar-refractivity contribution in [2.45, 2.75) is 18.9 Å². The van der Waals surface area contributed by atoms with E-state index in [1.807, 2.05) is 6.07 Å². The maximum absolute atomic E-state index is 12.4. The first-order valence-electron chi connectivity index (χ1n) is 9.45. The van der Waals surface area contributed by atoms with Gasteiger partial charge in [0.2, 0.25) is 5.88 Å². The highest BCUT2D eigenvalue weighted by molar-refractivity contribution is 5.94. The molecule has 3 N–H and O–H groups in total. The lowest BCUT2D eigenvalue weighted by Crippen LogP contribution is -2.42. The molecule has 4 rings (SSSR count). The Morgan fingerprint density at radius 2 is 2.07 bits per heavy atom. The van der Waals surface area contributed by atoms with Gasteiger partial charge in [-0.25, -0.2) is 14.6 Å². The van der Waals surface area contributed by atoms with Crippen molar-refractivity contribution in [1.29, 1.82) is 0 Å². The van der Waals surface area contributed by atoms with Crippen LogP contribution in [-0.2, 0) is 0 Å². The normalized spacial score (nSPS) is 14.5. The molecule has 150 valence electrons. The van der Waals surface area contributed by atoms with E-state index >= 15 is 0 Å². The van der Waals surface area contributed by atoms with Gasteiger partial charge in [0.05, 0.1) is 23.9 Å². The first kappa shape index (κ1) is 18.9. The summed E-state index contributed by atoms with van der Waals surface area (Å²) in [5.41, 5.74) is 1.42. The Bertz CT molecular complexity index is 1050. The maximum Gasteiger partial charge on any atom is 0.273 e. The average Bonchev–Trinajstić information content (AvgIpc) is 3.16. The molecule has 0 atom stereocenters. The van der Waals surface area contributed by atoms with Crippen LogP contribution in [0.4, 0.5) is 0 Å². The van der Waals surface area contributed by atoms with Crippen LogP contribution >= 0.6 is 0 Å². The number of methoxy groups -OCH3 is 1. The summed E-state index contributed by atoms with van der Waals surface area (Å²) in [6.45, 7) is 1.81. The van der Waals surface area contributed by atoms with Crippen LogP contribution in [-0.4, -0.2) is 51.9 Å². The van der Waals surface area contributed by atoms with Crippen molar-refractivity contribution >= 4 is 5.91 Å². The number of aromatic amines is 1. The zero-order valence-corrected chi connectivity index (χ0v) is 16.0. The van der Waals surface area contributed by atoms with Gasteiger partial charge in [0.25, 0.3) is 11.5 Å². The number of amides is 1. The van der Waals surface area contributed by atoms with Crippen molar-refractivity contribution in [3.05, 3.63) is 58.6 Å². The molecule has 3 aromatic rings. The average molecular weight is 394 g/mol.